The summed E-state index contributed by atoms with van der Waals surface area (Å²) in [6, 6.07) is 11.4. The maximum atomic E-state index is 13.4. The Hall–Kier alpha value is -2.50. The summed E-state index contributed by atoms with van der Waals surface area (Å²) in [5.74, 6) is -1.73. The zero-order valence-electron chi connectivity index (χ0n) is 12.1. The zero-order chi connectivity index (χ0) is 15.5. The molecule has 0 saturated heterocycles. The zero-order valence-corrected chi connectivity index (χ0v) is 12.1. The van der Waals surface area contributed by atoms with Crippen molar-refractivity contribution >= 4 is 16.7 Å². The van der Waals surface area contributed by atoms with Gasteiger partial charge in [-0.15, -0.1) is 5.10 Å². The van der Waals surface area contributed by atoms with Crippen molar-refractivity contribution in [3.63, 3.8) is 0 Å². The van der Waals surface area contributed by atoms with Gasteiger partial charge in [0.1, 0.15) is 11.7 Å². The normalized spacial score (nSPS) is 12.5. The summed E-state index contributed by atoms with van der Waals surface area (Å²) in [5, 5.41) is 11.5. The Balaban J connectivity index is 1.93. The third kappa shape index (κ3) is 2.77. The number of aromatic nitrogens is 3. The van der Waals surface area contributed by atoms with Gasteiger partial charge in [0.05, 0.1) is 5.52 Å². The number of hydrogen-bond donors (Lipinski definition) is 1. The number of para-hydroxylation sites is 1. The van der Waals surface area contributed by atoms with E-state index in [-0.39, 0.29) is 6.17 Å². The molecule has 3 rings (SSSR count). The second kappa shape index (κ2) is 6.09. The first kappa shape index (κ1) is 14.4. The van der Waals surface area contributed by atoms with Crippen LogP contribution in [0.4, 0.5) is 14.5 Å². The Kier molecular flexibility index (Phi) is 4.00. The van der Waals surface area contributed by atoms with Crippen molar-refractivity contribution in [2.24, 2.45) is 0 Å². The van der Waals surface area contributed by atoms with Gasteiger partial charge in [-0.2, -0.15) is 0 Å². The summed E-state index contributed by atoms with van der Waals surface area (Å²) >= 11 is 0. The molecule has 0 bridgehead atoms. The average molecular weight is 302 g/mol. The standard InChI is InChI=1S/C16H16F2N4/c1-2-5-16(19-11-8-9-12(17)13(18)10-11)22-15-7-4-3-6-14(15)20-21-22/h3-4,6-10,16,19H,2,5H2,1H3/t16-/m1/s1. The van der Waals surface area contributed by atoms with Gasteiger partial charge in [-0.3, -0.25) is 0 Å². The number of nitrogens with zero attached hydrogens (tertiary/aromatic N) is 3. The van der Waals surface area contributed by atoms with Crippen LogP contribution in [0.1, 0.15) is 25.9 Å². The van der Waals surface area contributed by atoms with Crippen LogP contribution in [0.3, 0.4) is 0 Å². The van der Waals surface area contributed by atoms with Crippen molar-refractivity contribution in [3.05, 3.63) is 54.1 Å². The lowest BCUT2D eigenvalue weighted by molar-refractivity contribution is 0.465. The maximum absolute atomic E-state index is 13.4. The predicted molar refractivity (Wildman–Crippen MR) is 81.5 cm³/mol. The van der Waals surface area contributed by atoms with Crippen LogP contribution in [0.25, 0.3) is 11.0 Å². The van der Waals surface area contributed by atoms with Crippen molar-refractivity contribution in [2.75, 3.05) is 5.32 Å². The third-order valence-electron chi connectivity index (χ3n) is 3.49. The van der Waals surface area contributed by atoms with Gasteiger partial charge >= 0.3 is 0 Å². The molecule has 1 atom stereocenters. The first-order valence-corrected chi connectivity index (χ1v) is 7.20. The van der Waals surface area contributed by atoms with Gasteiger partial charge in [-0.25, -0.2) is 13.5 Å². The molecule has 0 aliphatic carbocycles. The highest BCUT2D eigenvalue weighted by Gasteiger charge is 2.15. The fourth-order valence-electron chi connectivity index (χ4n) is 2.42. The molecule has 0 spiro atoms. The molecular formula is C16H16F2N4. The lowest BCUT2D eigenvalue weighted by Gasteiger charge is -2.20. The van der Waals surface area contributed by atoms with Crippen LogP contribution in [0.2, 0.25) is 0 Å². The molecule has 6 heteroatoms. The van der Waals surface area contributed by atoms with Gasteiger partial charge in [-0.1, -0.05) is 30.7 Å². The molecule has 22 heavy (non-hydrogen) atoms. The summed E-state index contributed by atoms with van der Waals surface area (Å²) in [6.45, 7) is 2.05. The van der Waals surface area contributed by atoms with Crippen LogP contribution in [-0.2, 0) is 0 Å². The molecule has 1 aromatic heterocycles. The molecule has 0 aliphatic heterocycles. The van der Waals surface area contributed by atoms with E-state index in [2.05, 4.69) is 22.6 Å². The number of rotatable bonds is 5. The average Bonchev–Trinajstić information content (AvgIpc) is 2.94. The first-order chi connectivity index (χ1) is 10.7. The molecule has 0 aliphatic rings. The van der Waals surface area contributed by atoms with E-state index >= 15 is 0 Å². The Morgan fingerprint density at radius 2 is 1.95 bits per heavy atom. The minimum absolute atomic E-state index is 0.178. The van der Waals surface area contributed by atoms with Gasteiger partial charge < -0.3 is 5.32 Å². The molecular weight excluding hydrogens is 286 g/mol. The molecule has 114 valence electrons. The molecule has 2 aromatic carbocycles. The molecule has 0 saturated carbocycles. The molecule has 1 N–H and O–H groups in total. The molecule has 0 unspecified atom stereocenters. The predicted octanol–water partition coefficient (Wildman–Crippen LogP) is 4.12. The number of fused-ring (bicyclic) bond motifs is 1. The third-order valence-corrected chi connectivity index (χ3v) is 3.49. The van der Waals surface area contributed by atoms with Crippen LogP contribution in [0.15, 0.2) is 42.5 Å². The van der Waals surface area contributed by atoms with Crippen molar-refractivity contribution in [3.8, 4) is 0 Å². The van der Waals surface area contributed by atoms with Crippen molar-refractivity contribution < 1.29 is 8.78 Å². The Morgan fingerprint density at radius 1 is 1.14 bits per heavy atom. The monoisotopic (exact) mass is 302 g/mol. The number of anilines is 1. The highest BCUT2D eigenvalue weighted by Crippen LogP contribution is 2.23. The lowest BCUT2D eigenvalue weighted by atomic mass is 10.2. The van der Waals surface area contributed by atoms with E-state index in [1.165, 1.54) is 6.07 Å². The summed E-state index contributed by atoms with van der Waals surface area (Å²) < 4.78 is 28.2. The highest BCUT2D eigenvalue weighted by atomic mass is 19.2. The van der Waals surface area contributed by atoms with Gasteiger partial charge in [0.25, 0.3) is 0 Å². The van der Waals surface area contributed by atoms with E-state index < -0.39 is 11.6 Å². The second-order valence-corrected chi connectivity index (χ2v) is 5.10. The molecule has 3 aromatic rings. The second-order valence-electron chi connectivity index (χ2n) is 5.10. The Bertz CT molecular complexity index is 785. The van der Waals surface area contributed by atoms with E-state index in [0.29, 0.717) is 5.69 Å². The Morgan fingerprint density at radius 3 is 2.73 bits per heavy atom. The lowest BCUT2D eigenvalue weighted by Crippen LogP contribution is -2.19. The van der Waals surface area contributed by atoms with Crippen LogP contribution in [0.5, 0.6) is 0 Å². The smallest absolute Gasteiger partial charge is 0.160 e. The van der Waals surface area contributed by atoms with Crippen LogP contribution < -0.4 is 5.32 Å². The van der Waals surface area contributed by atoms with Gasteiger partial charge in [-0.05, 0) is 30.7 Å². The molecule has 4 nitrogen and oxygen atoms in total. The van der Waals surface area contributed by atoms with Crippen LogP contribution >= 0.6 is 0 Å². The van der Waals surface area contributed by atoms with Crippen LogP contribution in [-0.4, -0.2) is 15.0 Å². The number of nitrogens with one attached hydrogen (secondary N) is 1. The van der Waals surface area contributed by atoms with Gasteiger partial charge in [0.15, 0.2) is 11.6 Å². The summed E-state index contributed by atoms with van der Waals surface area (Å²) in [7, 11) is 0. The minimum Gasteiger partial charge on any atom is -0.364 e. The quantitative estimate of drug-likeness (QED) is 0.771. The van der Waals surface area contributed by atoms with E-state index in [1.54, 1.807) is 4.68 Å². The molecule has 0 amide bonds. The molecule has 1 heterocycles. The fourth-order valence-corrected chi connectivity index (χ4v) is 2.42. The van der Waals surface area contributed by atoms with Gasteiger partial charge in [0, 0.05) is 11.8 Å². The number of benzene rings is 2. The Labute approximate surface area is 126 Å². The summed E-state index contributed by atoms with van der Waals surface area (Å²) in [4.78, 5) is 0. The first-order valence-electron chi connectivity index (χ1n) is 7.20. The van der Waals surface area contributed by atoms with E-state index in [9.17, 15) is 8.78 Å². The summed E-state index contributed by atoms with van der Waals surface area (Å²) in [5.41, 5.74) is 2.21. The largest absolute Gasteiger partial charge is 0.364 e. The topological polar surface area (TPSA) is 42.7 Å². The molecule has 0 fully saturated rings. The number of hydrogen-bond acceptors (Lipinski definition) is 3. The molecule has 0 radical (unpaired) electrons. The van der Waals surface area contributed by atoms with Crippen molar-refractivity contribution in [1.29, 1.82) is 0 Å². The SMILES string of the molecule is CCC[C@H](Nc1ccc(F)c(F)c1)n1nnc2ccccc21. The van der Waals surface area contributed by atoms with E-state index in [0.717, 1.165) is 36.0 Å². The highest BCUT2D eigenvalue weighted by molar-refractivity contribution is 5.74. The van der Waals surface area contributed by atoms with E-state index in [4.69, 9.17) is 0 Å². The summed E-state index contributed by atoms with van der Waals surface area (Å²) in [6.07, 6.45) is 1.52. The van der Waals surface area contributed by atoms with Crippen LogP contribution in [0, 0.1) is 11.6 Å². The van der Waals surface area contributed by atoms with Gasteiger partial charge in [0.2, 0.25) is 0 Å². The minimum atomic E-state index is -0.872. The number of halogens is 2. The van der Waals surface area contributed by atoms with E-state index in [1.807, 2.05) is 24.3 Å². The maximum Gasteiger partial charge on any atom is 0.160 e. The van der Waals surface area contributed by atoms with Crippen molar-refractivity contribution in [2.45, 2.75) is 25.9 Å². The van der Waals surface area contributed by atoms with Crippen molar-refractivity contribution in [1.82, 2.24) is 15.0 Å². The fraction of sp³-hybridized carbons (Fsp3) is 0.250.